The van der Waals surface area contributed by atoms with Crippen molar-refractivity contribution in [2.24, 2.45) is 0 Å². The summed E-state index contributed by atoms with van der Waals surface area (Å²) in [6, 6.07) is -3.26. The Balaban J connectivity index is 2.21. The predicted octanol–water partition coefficient (Wildman–Crippen LogP) is 1.75. The van der Waals surface area contributed by atoms with Crippen molar-refractivity contribution in [1.29, 1.82) is 0 Å². The molecule has 0 aromatic rings. The number of carbonyl (C=O) groups excluding carboxylic acids is 2. The van der Waals surface area contributed by atoms with Gasteiger partial charge in [-0.3, -0.25) is 4.90 Å². The van der Waals surface area contributed by atoms with E-state index in [-0.39, 0.29) is 6.61 Å². The number of alkyl halides is 3. The SMILES string of the molecule is CC(C)(C)OC(=O)N1[C@H](C(=O)OCCl)CO[C@H]2[C@@H]1C2(F)F. The monoisotopic (exact) mass is 327 g/mol. The molecule has 120 valence electrons. The van der Waals surface area contributed by atoms with Gasteiger partial charge in [-0.15, -0.1) is 0 Å². The first-order valence-corrected chi connectivity index (χ1v) is 6.86. The molecule has 1 aliphatic carbocycles. The van der Waals surface area contributed by atoms with Crippen LogP contribution in [-0.2, 0) is 19.0 Å². The Morgan fingerprint density at radius 3 is 2.57 bits per heavy atom. The number of fused-ring (bicyclic) bond motifs is 1. The molecule has 3 atom stereocenters. The summed E-state index contributed by atoms with van der Waals surface area (Å²) in [6.45, 7) is 4.41. The van der Waals surface area contributed by atoms with Gasteiger partial charge in [-0.1, -0.05) is 11.6 Å². The second kappa shape index (κ2) is 5.24. The van der Waals surface area contributed by atoms with E-state index in [2.05, 4.69) is 4.74 Å². The molecule has 0 radical (unpaired) electrons. The normalized spacial score (nSPS) is 30.4. The molecule has 0 unspecified atom stereocenters. The summed E-state index contributed by atoms with van der Waals surface area (Å²) in [4.78, 5) is 24.6. The van der Waals surface area contributed by atoms with Crippen molar-refractivity contribution in [2.45, 2.75) is 50.5 Å². The van der Waals surface area contributed by atoms with E-state index in [1.54, 1.807) is 20.8 Å². The average molecular weight is 328 g/mol. The first-order valence-electron chi connectivity index (χ1n) is 6.33. The van der Waals surface area contributed by atoms with Crippen LogP contribution in [0.3, 0.4) is 0 Å². The molecule has 1 heterocycles. The van der Waals surface area contributed by atoms with Crippen molar-refractivity contribution >= 4 is 23.7 Å². The van der Waals surface area contributed by atoms with Gasteiger partial charge in [-0.05, 0) is 20.8 Å². The summed E-state index contributed by atoms with van der Waals surface area (Å²) in [5.41, 5.74) is -0.879. The molecule has 1 amide bonds. The number of hydrogen-bond acceptors (Lipinski definition) is 5. The minimum Gasteiger partial charge on any atom is -0.448 e. The second-order valence-electron chi connectivity index (χ2n) is 5.85. The molecule has 1 aliphatic heterocycles. The van der Waals surface area contributed by atoms with Gasteiger partial charge in [0.2, 0.25) is 0 Å². The number of nitrogens with zero attached hydrogens (tertiary/aromatic N) is 1. The van der Waals surface area contributed by atoms with Crippen LogP contribution in [0.1, 0.15) is 20.8 Å². The minimum atomic E-state index is -3.20. The standard InChI is InChI=1S/C12H16ClF2NO5/c1-11(2,3)21-10(18)16-6(9(17)20-5-13)4-19-8-7(16)12(8,14)15/h6-8H,4-5H2,1-3H3/t6-,7+,8-/m0/s1. The summed E-state index contributed by atoms with van der Waals surface area (Å²) < 4.78 is 41.8. The van der Waals surface area contributed by atoms with E-state index in [1.165, 1.54) is 0 Å². The predicted molar refractivity (Wildman–Crippen MR) is 67.1 cm³/mol. The van der Waals surface area contributed by atoms with Gasteiger partial charge in [-0.25, -0.2) is 18.4 Å². The number of carbonyl (C=O) groups is 2. The first kappa shape index (κ1) is 16.2. The molecule has 0 spiro atoms. The van der Waals surface area contributed by atoms with E-state index in [0.717, 1.165) is 0 Å². The first-order chi connectivity index (χ1) is 9.59. The lowest BCUT2D eigenvalue weighted by Gasteiger charge is -2.34. The van der Waals surface area contributed by atoms with Crippen molar-refractivity contribution in [1.82, 2.24) is 4.90 Å². The smallest absolute Gasteiger partial charge is 0.411 e. The molecule has 21 heavy (non-hydrogen) atoms. The van der Waals surface area contributed by atoms with Gasteiger partial charge >= 0.3 is 12.1 Å². The largest absolute Gasteiger partial charge is 0.448 e. The maximum atomic E-state index is 13.6. The van der Waals surface area contributed by atoms with Gasteiger partial charge in [-0.2, -0.15) is 0 Å². The summed E-state index contributed by atoms with van der Waals surface area (Å²) in [5, 5.41) is 0. The Kier molecular flexibility index (Phi) is 4.05. The molecule has 0 aromatic heterocycles. The average Bonchev–Trinajstić information content (AvgIpc) is 2.89. The van der Waals surface area contributed by atoms with Gasteiger partial charge < -0.3 is 14.2 Å². The Morgan fingerprint density at radius 1 is 1.43 bits per heavy atom. The fourth-order valence-electron chi connectivity index (χ4n) is 2.17. The maximum Gasteiger partial charge on any atom is 0.411 e. The van der Waals surface area contributed by atoms with Crippen LogP contribution >= 0.6 is 11.6 Å². The van der Waals surface area contributed by atoms with E-state index < -0.39 is 47.8 Å². The topological polar surface area (TPSA) is 65.1 Å². The molecular formula is C12H16ClF2NO5. The Morgan fingerprint density at radius 2 is 2.05 bits per heavy atom. The van der Waals surface area contributed by atoms with Crippen LogP contribution in [0.4, 0.5) is 13.6 Å². The van der Waals surface area contributed by atoms with Gasteiger partial charge in [0.15, 0.2) is 12.1 Å². The molecule has 6 nitrogen and oxygen atoms in total. The zero-order valence-electron chi connectivity index (χ0n) is 11.8. The summed E-state index contributed by atoms with van der Waals surface area (Å²) in [6.07, 6.45) is -2.42. The molecule has 2 fully saturated rings. The molecule has 1 saturated heterocycles. The Bertz CT molecular complexity index is 453. The Hall–Kier alpha value is -1.15. The van der Waals surface area contributed by atoms with Crippen molar-refractivity contribution < 1.29 is 32.6 Å². The molecule has 1 saturated carbocycles. The molecule has 9 heteroatoms. The van der Waals surface area contributed by atoms with Crippen LogP contribution in [-0.4, -0.2) is 59.3 Å². The third kappa shape index (κ3) is 3.06. The highest BCUT2D eigenvalue weighted by Gasteiger charge is 2.77. The number of morpholine rings is 1. The van der Waals surface area contributed by atoms with Crippen LogP contribution in [0.25, 0.3) is 0 Å². The van der Waals surface area contributed by atoms with Crippen LogP contribution < -0.4 is 0 Å². The zero-order chi connectivity index (χ0) is 16.0. The second-order valence-corrected chi connectivity index (χ2v) is 6.07. The van der Waals surface area contributed by atoms with Crippen LogP contribution in [0.2, 0.25) is 0 Å². The van der Waals surface area contributed by atoms with E-state index in [0.29, 0.717) is 4.90 Å². The van der Waals surface area contributed by atoms with E-state index >= 15 is 0 Å². The number of amides is 1. The van der Waals surface area contributed by atoms with Crippen molar-refractivity contribution in [3.8, 4) is 0 Å². The zero-order valence-corrected chi connectivity index (χ0v) is 12.5. The van der Waals surface area contributed by atoms with E-state index in [1.807, 2.05) is 0 Å². The molecular weight excluding hydrogens is 312 g/mol. The summed E-state index contributed by atoms with van der Waals surface area (Å²) in [5.74, 6) is -4.11. The molecule has 2 rings (SSSR count). The number of hydrogen-bond donors (Lipinski definition) is 0. The van der Waals surface area contributed by atoms with E-state index in [4.69, 9.17) is 21.1 Å². The van der Waals surface area contributed by atoms with Crippen molar-refractivity contribution in [2.75, 3.05) is 12.7 Å². The number of rotatable bonds is 2. The third-order valence-corrected chi connectivity index (χ3v) is 3.20. The lowest BCUT2D eigenvalue weighted by atomic mass is 10.2. The van der Waals surface area contributed by atoms with Crippen LogP contribution in [0.5, 0.6) is 0 Å². The number of halogens is 3. The van der Waals surface area contributed by atoms with Crippen molar-refractivity contribution in [3.05, 3.63) is 0 Å². The molecule has 0 aromatic carbocycles. The highest BCUT2D eigenvalue weighted by Crippen LogP contribution is 2.51. The Labute approximate surface area is 125 Å². The van der Waals surface area contributed by atoms with Gasteiger partial charge in [0.1, 0.15) is 17.7 Å². The van der Waals surface area contributed by atoms with Crippen LogP contribution in [0.15, 0.2) is 0 Å². The highest BCUT2D eigenvalue weighted by atomic mass is 35.5. The molecule has 0 N–H and O–H groups in total. The van der Waals surface area contributed by atoms with Gasteiger partial charge in [0.05, 0.1) is 6.61 Å². The summed E-state index contributed by atoms with van der Waals surface area (Å²) >= 11 is 5.29. The van der Waals surface area contributed by atoms with Crippen LogP contribution in [0, 0.1) is 0 Å². The third-order valence-electron chi connectivity index (χ3n) is 3.09. The highest BCUT2D eigenvalue weighted by molar-refractivity contribution is 6.17. The maximum absolute atomic E-state index is 13.6. The van der Waals surface area contributed by atoms with E-state index in [9.17, 15) is 18.4 Å². The lowest BCUT2D eigenvalue weighted by Crippen LogP contribution is -2.55. The number of esters is 1. The molecule has 2 aliphatic rings. The summed E-state index contributed by atoms with van der Waals surface area (Å²) in [7, 11) is 0. The van der Waals surface area contributed by atoms with Crippen molar-refractivity contribution in [3.63, 3.8) is 0 Å². The fraction of sp³-hybridized carbons (Fsp3) is 0.833. The molecule has 0 bridgehead atoms. The van der Waals surface area contributed by atoms with Gasteiger partial charge in [0.25, 0.3) is 5.92 Å². The minimum absolute atomic E-state index is 0.383. The van der Waals surface area contributed by atoms with Gasteiger partial charge in [0, 0.05) is 0 Å². The quantitative estimate of drug-likeness (QED) is 0.571. The lowest BCUT2D eigenvalue weighted by molar-refractivity contribution is -0.153. The fourth-order valence-corrected chi connectivity index (χ4v) is 2.28. The number of ether oxygens (including phenoxy) is 3.